The van der Waals surface area contributed by atoms with Crippen molar-refractivity contribution in [2.45, 2.75) is 44.4 Å². The van der Waals surface area contributed by atoms with Crippen molar-refractivity contribution in [2.24, 2.45) is 0 Å². The lowest BCUT2D eigenvalue weighted by Crippen LogP contribution is -2.16. The normalized spacial score (nSPS) is 12.2. The molecule has 0 aliphatic heterocycles. The zero-order chi connectivity index (χ0) is 27.7. The van der Waals surface area contributed by atoms with E-state index in [4.69, 9.17) is 4.74 Å². The Hall–Kier alpha value is -4.76. The van der Waals surface area contributed by atoms with Crippen molar-refractivity contribution in [3.8, 4) is 17.6 Å². The number of ether oxygens (including phenoxy) is 1. The summed E-state index contributed by atoms with van der Waals surface area (Å²) in [6, 6.07) is 10.9. The first-order valence-corrected chi connectivity index (χ1v) is 13.5. The number of carbonyl (C=O) groups excluding carboxylic acids is 2. The van der Waals surface area contributed by atoms with E-state index in [2.05, 4.69) is 52.8 Å². The molecule has 0 bridgehead atoms. The van der Waals surface area contributed by atoms with E-state index in [1.807, 2.05) is 12.1 Å². The topological polar surface area (TPSA) is 145 Å². The zero-order valence-corrected chi connectivity index (χ0v) is 22.6. The summed E-state index contributed by atoms with van der Waals surface area (Å²) in [6.07, 6.45) is 7.15. The smallest absolute Gasteiger partial charge is 0.232 e. The molecule has 202 valence electrons. The summed E-state index contributed by atoms with van der Waals surface area (Å²) in [4.78, 5) is 33.1. The maximum Gasteiger partial charge on any atom is 0.232 e. The quantitative estimate of drug-likeness (QED) is 0.282. The van der Waals surface area contributed by atoms with Crippen molar-refractivity contribution >= 4 is 34.1 Å². The molecule has 1 fully saturated rings. The molecule has 2 N–H and O–H groups in total. The number of pyridine rings is 2. The van der Waals surface area contributed by atoms with Gasteiger partial charge in [0.25, 0.3) is 0 Å². The summed E-state index contributed by atoms with van der Waals surface area (Å²) in [6.45, 7) is 0. The second-order valence-corrected chi connectivity index (χ2v) is 10.2. The number of carbonyl (C=O) groups is 2. The van der Waals surface area contributed by atoms with Crippen molar-refractivity contribution in [2.75, 3.05) is 17.7 Å². The summed E-state index contributed by atoms with van der Waals surface area (Å²) >= 11 is 1.30. The Morgan fingerprint density at radius 3 is 2.58 bits per heavy atom. The molecule has 2 amide bonds. The van der Waals surface area contributed by atoms with Gasteiger partial charge in [-0.1, -0.05) is 17.3 Å². The maximum absolute atomic E-state index is 12.4. The molecule has 12 heteroatoms. The van der Waals surface area contributed by atoms with Crippen LogP contribution in [0.2, 0.25) is 0 Å². The largest absolute Gasteiger partial charge is 0.495 e. The predicted octanol–water partition coefficient (Wildman–Crippen LogP) is 3.35. The number of anilines is 2. The van der Waals surface area contributed by atoms with Crippen LogP contribution in [0.4, 0.5) is 10.9 Å². The molecule has 11 nitrogen and oxygen atoms in total. The maximum atomic E-state index is 12.4. The molecule has 1 aliphatic carbocycles. The van der Waals surface area contributed by atoms with E-state index in [0.717, 1.165) is 10.7 Å². The van der Waals surface area contributed by atoms with Gasteiger partial charge in [0.2, 0.25) is 16.9 Å². The van der Waals surface area contributed by atoms with Crippen molar-refractivity contribution < 1.29 is 14.3 Å². The summed E-state index contributed by atoms with van der Waals surface area (Å²) in [5.41, 5.74) is 3.11. The Morgan fingerprint density at radius 2 is 1.82 bits per heavy atom. The number of aryl methyl sites for hydroxylation is 1. The second kappa shape index (κ2) is 12.9. The van der Waals surface area contributed by atoms with E-state index < -0.39 is 0 Å². The van der Waals surface area contributed by atoms with Crippen molar-refractivity contribution in [1.82, 2.24) is 30.4 Å². The Bertz CT molecular complexity index is 1540. The molecular formula is C28H26N8O3S. The minimum atomic E-state index is -0.224. The zero-order valence-electron chi connectivity index (χ0n) is 21.8. The van der Waals surface area contributed by atoms with Crippen LogP contribution >= 0.6 is 11.3 Å². The standard InChI is InChI=1S/C28H26N8O3S/c1-39-23-10-8-21(30-17-23)15-26(38)32-28-36-35-27(40-28)5-3-2-4-20-9-11-24(34-33-20)31-25(37)16-22-14-19(12-13-29-22)18-6-7-18/h8-14,17-18H,3,5-7,15-16H2,1H3,(H,31,34,37)(H,32,36,38). The molecule has 0 saturated heterocycles. The molecule has 4 aromatic rings. The molecule has 0 atom stereocenters. The highest BCUT2D eigenvalue weighted by atomic mass is 32.1. The van der Waals surface area contributed by atoms with Crippen LogP contribution < -0.4 is 15.4 Å². The van der Waals surface area contributed by atoms with Crippen molar-refractivity contribution in [1.29, 1.82) is 0 Å². The SMILES string of the molecule is COc1ccc(CC(=O)Nc2nnc(CCC#Cc3ccc(NC(=O)Cc4cc(C5CC5)ccn4)nn3)s2)nc1. The van der Waals surface area contributed by atoms with E-state index >= 15 is 0 Å². The van der Waals surface area contributed by atoms with Gasteiger partial charge in [-0.25, -0.2) is 0 Å². The molecule has 0 radical (unpaired) electrons. The average molecular weight is 555 g/mol. The fourth-order valence-corrected chi connectivity index (χ4v) is 4.53. The van der Waals surface area contributed by atoms with E-state index in [9.17, 15) is 9.59 Å². The monoisotopic (exact) mass is 554 g/mol. The van der Waals surface area contributed by atoms with Crippen LogP contribution in [0, 0.1) is 11.8 Å². The molecule has 1 aliphatic rings. The second-order valence-electron chi connectivity index (χ2n) is 9.10. The Morgan fingerprint density at radius 1 is 0.975 bits per heavy atom. The van der Waals surface area contributed by atoms with Gasteiger partial charge < -0.3 is 15.4 Å². The van der Waals surface area contributed by atoms with Crippen LogP contribution in [-0.4, -0.2) is 49.3 Å². The van der Waals surface area contributed by atoms with Gasteiger partial charge in [0, 0.05) is 30.4 Å². The van der Waals surface area contributed by atoms with Crippen molar-refractivity contribution in [3.63, 3.8) is 0 Å². The Balaban J connectivity index is 1.04. The number of hydrogen-bond acceptors (Lipinski definition) is 10. The lowest BCUT2D eigenvalue weighted by Gasteiger charge is -2.05. The van der Waals surface area contributed by atoms with Gasteiger partial charge in [0.05, 0.1) is 26.1 Å². The first-order valence-electron chi connectivity index (χ1n) is 12.7. The molecule has 4 heterocycles. The van der Waals surface area contributed by atoms with E-state index in [-0.39, 0.29) is 24.7 Å². The molecule has 4 aromatic heterocycles. The predicted molar refractivity (Wildman–Crippen MR) is 149 cm³/mol. The van der Waals surface area contributed by atoms with E-state index in [0.29, 0.717) is 46.8 Å². The number of nitrogens with zero attached hydrogens (tertiary/aromatic N) is 6. The molecular weight excluding hydrogens is 528 g/mol. The van der Waals surface area contributed by atoms with Crippen LogP contribution in [0.1, 0.15) is 52.8 Å². The molecule has 1 saturated carbocycles. The lowest BCUT2D eigenvalue weighted by molar-refractivity contribution is -0.116. The molecule has 5 rings (SSSR count). The number of rotatable bonds is 10. The van der Waals surface area contributed by atoms with Crippen LogP contribution in [-0.2, 0) is 28.9 Å². The lowest BCUT2D eigenvalue weighted by atomic mass is 10.1. The number of aromatic nitrogens is 6. The molecule has 0 aromatic carbocycles. The third-order valence-electron chi connectivity index (χ3n) is 5.93. The van der Waals surface area contributed by atoms with Crippen LogP contribution in [0.25, 0.3) is 0 Å². The van der Waals surface area contributed by atoms with E-state index in [1.54, 1.807) is 43.8 Å². The summed E-state index contributed by atoms with van der Waals surface area (Å²) in [5.74, 6) is 7.18. The molecule has 0 spiro atoms. The van der Waals surface area contributed by atoms with Gasteiger partial charge >= 0.3 is 0 Å². The fraction of sp³-hybridized carbons (Fsp3) is 0.286. The van der Waals surface area contributed by atoms with Gasteiger partial charge in [-0.3, -0.25) is 19.6 Å². The van der Waals surface area contributed by atoms with Gasteiger partial charge in [-0.05, 0) is 66.6 Å². The Kier molecular flexibility index (Phi) is 8.63. The third-order valence-corrected chi connectivity index (χ3v) is 6.83. The van der Waals surface area contributed by atoms with Gasteiger partial charge in [-0.2, -0.15) is 0 Å². The number of hydrogen-bond donors (Lipinski definition) is 2. The first kappa shape index (κ1) is 26.8. The first-order chi connectivity index (χ1) is 19.5. The van der Waals surface area contributed by atoms with Crippen LogP contribution in [0.3, 0.4) is 0 Å². The van der Waals surface area contributed by atoms with Crippen LogP contribution in [0.15, 0.2) is 48.8 Å². The summed E-state index contributed by atoms with van der Waals surface area (Å²) < 4.78 is 5.07. The minimum Gasteiger partial charge on any atom is -0.495 e. The molecule has 40 heavy (non-hydrogen) atoms. The Labute approximate surface area is 234 Å². The van der Waals surface area contributed by atoms with Gasteiger partial charge in [-0.15, -0.1) is 20.4 Å². The van der Waals surface area contributed by atoms with Crippen LogP contribution in [0.5, 0.6) is 5.75 Å². The highest BCUT2D eigenvalue weighted by Crippen LogP contribution is 2.39. The minimum absolute atomic E-state index is 0.124. The summed E-state index contributed by atoms with van der Waals surface area (Å²) in [7, 11) is 1.56. The fourth-order valence-electron chi connectivity index (χ4n) is 3.77. The highest BCUT2D eigenvalue weighted by molar-refractivity contribution is 7.15. The number of methoxy groups -OCH3 is 1. The van der Waals surface area contributed by atoms with Crippen molar-refractivity contribution in [3.05, 3.63) is 76.4 Å². The number of amides is 2. The average Bonchev–Trinajstić information content (AvgIpc) is 3.72. The van der Waals surface area contributed by atoms with Gasteiger partial charge in [0.15, 0.2) is 5.82 Å². The third kappa shape index (κ3) is 7.87. The van der Waals surface area contributed by atoms with E-state index in [1.165, 1.54) is 29.7 Å². The number of nitrogens with one attached hydrogen (secondary N) is 2. The highest BCUT2D eigenvalue weighted by Gasteiger charge is 2.23. The van der Waals surface area contributed by atoms with Gasteiger partial charge in [0.1, 0.15) is 16.5 Å². The summed E-state index contributed by atoms with van der Waals surface area (Å²) in [5, 5.41) is 22.9. The molecule has 0 unspecified atom stereocenters.